The van der Waals surface area contributed by atoms with Crippen molar-refractivity contribution >= 4 is 66.4 Å². The number of hydrogen-bond donors (Lipinski definition) is 0. The van der Waals surface area contributed by atoms with Crippen LogP contribution in [0.3, 0.4) is 0 Å². The summed E-state index contributed by atoms with van der Waals surface area (Å²) in [6, 6.07) is 74.2. The van der Waals surface area contributed by atoms with E-state index >= 15 is 0 Å². The lowest BCUT2D eigenvalue weighted by Crippen LogP contribution is -2.24. The van der Waals surface area contributed by atoms with E-state index in [4.69, 9.17) is 9.72 Å². The standard InChI is InChI=1S/C59H45N5O/c1-2-15-41(16-3-1)59(34-12-13-35-59)42-33-36-60-58(37-42)64-54-24-9-6-21-50(54)51-32-31-47(39-57(51)64)65-46-18-14-17-45(38-46)62-40-61(55-25-10-11-26-56(55)62)43-27-29-44(30-28-43)63-52-22-7-4-19-48(52)49-20-5-8-23-53(49)63/h1-11,14-33,36-39H,12-13,34-35,40H2. The van der Waals surface area contributed by atoms with Gasteiger partial charge in [0, 0.05) is 62.4 Å². The van der Waals surface area contributed by atoms with Crippen LogP contribution in [-0.2, 0) is 5.41 Å². The first-order valence-electron chi connectivity index (χ1n) is 22.8. The Morgan fingerprint density at radius 2 is 0.969 bits per heavy atom. The average Bonchev–Trinajstić information content (AvgIpc) is 4.17. The van der Waals surface area contributed by atoms with Crippen molar-refractivity contribution in [3.63, 3.8) is 0 Å². The topological polar surface area (TPSA) is 38.5 Å². The van der Waals surface area contributed by atoms with Crippen molar-refractivity contribution < 1.29 is 4.74 Å². The van der Waals surface area contributed by atoms with Crippen LogP contribution in [0.1, 0.15) is 36.8 Å². The molecule has 0 spiro atoms. The molecule has 3 aromatic heterocycles. The predicted octanol–water partition coefficient (Wildman–Crippen LogP) is 15.2. The lowest BCUT2D eigenvalue weighted by molar-refractivity contribution is 0.483. The van der Waals surface area contributed by atoms with Crippen LogP contribution in [0.15, 0.2) is 212 Å². The average molecular weight is 840 g/mol. The Morgan fingerprint density at radius 1 is 0.400 bits per heavy atom. The fourth-order valence-corrected chi connectivity index (χ4v) is 11.1. The first-order chi connectivity index (χ1) is 32.2. The first-order valence-corrected chi connectivity index (χ1v) is 22.8. The minimum absolute atomic E-state index is 0.0110. The van der Waals surface area contributed by atoms with Gasteiger partial charge in [0.1, 0.15) is 24.0 Å². The van der Waals surface area contributed by atoms with Gasteiger partial charge in [-0.1, -0.05) is 116 Å². The van der Waals surface area contributed by atoms with Gasteiger partial charge in [-0.15, -0.1) is 0 Å². The Hall–Kier alpha value is -8.09. The SMILES string of the molecule is c1ccc(C2(c3ccnc(-n4c5ccccc5c5ccc(Oc6cccc(N7CN(c8ccc(-n9c%10ccccc%10c%10ccccc%109)cc8)c8ccccc87)c6)cc54)c3)CCCC2)cc1. The molecule has 13 rings (SSSR count). The van der Waals surface area contributed by atoms with E-state index in [0.29, 0.717) is 6.67 Å². The molecule has 0 amide bonds. The molecule has 0 saturated heterocycles. The highest BCUT2D eigenvalue weighted by atomic mass is 16.5. The van der Waals surface area contributed by atoms with Crippen molar-refractivity contribution in [2.75, 3.05) is 16.5 Å². The Bertz CT molecular complexity index is 3530. The van der Waals surface area contributed by atoms with Gasteiger partial charge in [0.25, 0.3) is 0 Å². The highest BCUT2D eigenvalue weighted by Gasteiger charge is 2.37. The van der Waals surface area contributed by atoms with Gasteiger partial charge in [-0.3, -0.25) is 4.57 Å². The zero-order chi connectivity index (χ0) is 42.9. The second kappa shape index (κ2) is 15.0. The number of para-hydroxylation sites is 5. The minimum Gasteiger partial charge on any atom is -0.457 e. The van der Waals surface area contributed by atoms with E-state index in [0.717, 1.165) is 63.9 Å². The Morgan fingerprint density at radius 3 is 1.66 bits per heavy atom. The van der Waals surface area contributed by atoms with Crippen molar-refractivity contribution in [2.45, 2.75) is 31.1 Å². The van der Waals surface area contributed by atoms with Gasteiger partial charge < -0.3 is 19.1 Å². The number of hydrogen-bond acceptors (Lipinski definition) is 4. The maximum atomic E-state index is 6.79. The summed E-state index contributed by atoms with van der Waals surface area (Å²) in [4.78, 5) is 9.81. The minimum atomic E-state index is -0.0110. The molecule has 6 nitrogen and oxygen atoms in total. The van der Waals surface area contributed by atoms with Crippen LogP contribution in [0.4, 0.5) is 22.7 Å². The molecule has 0 radical (unpaired) electrons. The summed E-state index contributed by atoms with van der Waals surface area (Å²) in [6.45, 7) is 0.668. The molecule has 1 aliphatic carbocycles. The molecule has 0 atom stereocenters. The van der Waals surface area contributed by atoms with E-state index in [1.54, 1.807) is 0 Å². The molecule has 0 N–H and O–H groups in total. The molecule has 2 aliphatic rings. The van der Waals surface area contributed by atoms with E-state index in [1.165, 1.54) is 62.2 Å². The van der Waals surface area contributed by atoms with E-state index in [2.05, 4.69) is 219 Å². The zero-order valence-corrected chi connectivity index (χ0v) is 35.9. The lowest BCUT2D eigenvalue weighted by Gasteiger charge is -2.31. The molecule has 6 heteroatoms. The third-order valence-corrected chi connectivity index (χ3v) is 14.1. The van der Waals surface area contributed by atoms with Crippen LogP contribution < -0.4 is 14.5 Å². The first kappa shape index (κ1) is 37.5. The maximum absolute atomic E-state index is 6.79. The Kier molecular flexibility index (Phi) is 8.66. The van der Waals surface area contributed by atoms with Gasteiger partial charge in [-0.25, -0.2) is 4.98 Å². The summed E-state index contributed by atoms with van der Waals surface area (Å²) < 4.78 is 11.5. The molecule has 11 aromatic rings. The number of fused-ring (bicyclic) bond motifs is 7. The van der Waals surface area contributed by atoms with E-state index in [1.807, 2.05) is 12.3 Å². The van der Waals surface area contributed by atoms with Gasteiger partial charge in [0.15, 0.2) is 0 Å². The third kappa shape index (κ3) is 6.05. The third-order valence-electron chi connectivity index (χ3n) is 14.1. The normalized spacial score (nSPS) is 14.5. The van der Waals surface area contributed by atoms with Crippen LogP contribution >= 0.6 is 0 Å². The van der Waals surface area contributed by atoms with Gasteiger partial charge in [0.05, 0.1) is 33.4 Å². The highest BCUT2D eigenvalue weighted by molar-refractivity contribution is 6.10. The second-order valence-corrected chi connectivity index (χ2v) is 17.6. The molecule has 1 aliphatic heterocycles. The predicted molar refractivity (Wildman–Crippen MR) is 267 cm³/mol. The largest absolute Gasteiger partial charge is 0.457 e. The number of ether oxygens (including phenoxy) is 1. The molecule has 65 heavy (non-hydrogen) atoms. The summed E-state index contributed by atoms with van der Waals surface area (Å²) in [7, 11) is 0. The van der Waals surface area contributed by atoms with Crippen molar-refractivity contribution in [1.29, 1.82) is 0 Å². The fourth-order valence-electron chi connectivity index (χ4n) is 11.1. The molecule has 0 bridgehead atoms. The van der Waals surface area contributed by atoms with Crippen molar-refractivity contribution in [3.05, 3.63) is 224 Å². The van der Waals surface area contributed by atoms with Crippen molar-refractivity contribution in [2.24, 2.45) is 0 Å². The molecular formula is C59H45N5O. The number of aromatic nitrogens is 3. The number of anilines is 4. The lowest BCUT2D eigenvalue weighted by atomic mass is 9.73. The fraction of sp³-hybridized carbons (Fsp3) is 0.102. The van der Waals surface area contributed by atoms with Gasteiger partial charge in [0.2, 0.25) is 0 Å². The number of pyridine rings is 1. The molecule has 0 unspecified atom stereocenters. The molecule has 1 fully saturated rings. The Balaban J connectivity index is 0.821. The molecule has 312 valence electrons. The van der Waals surface area contributed by atoms with Crippen molar-refractivity contribution in [1.82, 2.24) is 14.1 Å². The van der Waals surface area contributed by atoms with E-state index < -0.39 is 0 Å². The van der Waals surface area contributed by atoms with Crippen LogP contribution in [0.25, 0.3) is 55.1 Å². The monoisotopic (exact) mass is 839 g/mol. The molecule has 4 heterocycles. The van der Waals surface area contributed by atoms with Crippen LogP contribution in [0, 0.1) is 0 Å². The van der Waals surface area contributed by atoms with E-state index in [-0.39, 0.29) is 5.41 Å². The number of nitrogens with zero attached hydrogens (tertiary/aromatic N) is 5. The number of rotatable bonds is 8. The second-order valence-electron chi connectivity index (χ2n) is 17.6. The highest BCUT2D eigenvalue weighted by Crippen LogP contribution is 2.48. The number of benzene rings is 8. The Labute approximate surface area is 377 Å². The quantitative estimate of drug-likeness (QED) is 0.153. The maximum Gasteiger partial charge on any atom is 0.137 e. The van der Waals surface area contributed by atoms with Crippen molar-refractivity contribution in [3.8, 4) is 23.0 Å². The summed E-state index contributed by atoms with van der Waals surface area (Å²) in [5, 5.41) is 4.89. The van der Waals surface area contributed by atoms with Gasteiger partial charge in [-0.2, -0.15) is 0 Å². The van der Waals surface area contributed by atoms with Gasteiger partial charge >= 0.3 is 0 Å². The molecule has 8 aromatic carbocycles. The summed E-state index contributed by atoms with van der Waals surface area (Å²) in [5.41, 5.74) is 13.0. The van der Waals surface area contributed by atoms with E-state index in [9.17, 15) is 0 Å². The molecular weight excluding hydrogens is 795 g/mol. The summed E-state index contributed by atoms with van der Waals surface area (Å²) in [6.07, 6.45) is 6.74. The summed E-state index contributed by atoms with van der Waals surface area (Å²) >= 11 is 0. The smallest absolute Gasteiger partial charge is 0.137 e. The summed E-state index contributed by atoms with van der Waals surface area (Å²) in [5.74, 6) is 2.48. The van der Waals surface area contributed by atoms with Crippen LogP contribution in [0.5, 0.6) is 11.5 Å². The zero-order valence-electron chi connectivity index (χ0n) is 35.9. The molecule has 1 saturated carbocycles. The van der Waals surface area contributed by atoms with Crippen LogP contribution in [-0.4, -0.2) is 20.8 Å². The van der Waals surface area contributed by atoms with Gasteiger partial charge in [-0.05, 0) is 115 Å². The van der Waals surface area contributed by atoms with Crippen LogP contribution in [0.2, 0.25) is 0 Å².